The lowest BCUT2D eigenvalue weighted by atomic mass is 9.92. The third-order valence-corrected chi connectivity index (χ3v) is 3.77. The minimum Gasteiger partial charge on any atom is -0.340 e. The Kier molecular flexibility index (Phi) is 5.56. The standard InChI is InChI=1S/C12H22N2O.ClH/c1-2-14(11-6-4-3-5-7-11)12(15)10-8-13-9-10;/h10-11,13H,2-9H2,1H3;1H. The molecule has 0 bridgehead atoms. The van der Waals surface area contributed by atoms with E-state index in [1.165, 1.54) is 32.1 Å². The summed E-state index contributed by atoms with van der Waals surface area (Å²) in [5.41, 5.74) is 0. The van der Waals surface area contributed by atoms with Crippen LogP contribution in [0, 0.1) is 5.92 Å². The Morgan fingerprint density at radius 2 is 1.88 bits per heavy atom. The molecule has 3 nitrogen and oxygen atoms in total. The third kappa shape index (κ3) is 2.89. The van der Waals surface area contributed by atoms with Crippen LogP contribution in [0.15, 0.2) is 0 Å². The first-order valence-corrected chi connectivity index (χ1v) is 6.34. The van der Waals surface area contributed by atoms with Gasteiger partial charge in [-0.1, -0.05) is 19.3 Å². The molecule has 0 aromatic carbocycles. The van der Waals surface area contributed by atoms with E-state index in [4.69, 9.17) is 0 Å². The van der Waals surface area contributed by atoms with Crippen LogP contribution in [-0.4, -0.2) is 36.5 Å². The van der Waals surface area contributed by atoms with Crippen LogP contribution in [0.25, 0.3) is 0 Å². The van der Waals surface area contributed by atoms with Crippen LogP contribution in [0.1, 0.15) is 39.0 Å². The molecule has 0 aromatic rings. The van der Waals surface area contributed by atoms with Gasteiger partial charge < -0.3 is 10.2 Å². The quantitative estimate of drug-likeness (QED) is 0.824. The summed E-state index contributed by atoms with van der Waals surface area (Å²) in [6.45, 7) is 4.78. The zero-order chi connectivity index (χ0) is 10.7. The highest BCUT2D eigenvalue weighted by Crippen LogP contribution is 2.24. The van der Waals surface area contributed by atoms with Gasteiger partial charge in [0.15, 0.2) is 0 Å². The van der Waals surface area contributed by atoms with Crippen LogP contribution in [0.5, 0.6) is 0 Å². The number of carbonyl (C=O) groups excluding carboxylic acids is 1. The van der Waals surface area contributed by atoms with E-state index in [0.717, 1.165) is 19.6 Å². The van der Waals surface area contributed by atoms with E-state index in [2.05, 4.69) is 17.1 Å². The molecule has 0 radical (unpaired) electrons. The normalized spacial score (nSPS) is 22.1. The molecular weight excluding hydrogens is 224 g/mol. The lowest BCUT2D eigenvalue weighted by Crippen LogP contribution is -2.54. The Hall–Kier alpha value is -0.280. The van der Waals surface area contributed by atoms with Crippen molar-refractivity contribution >= 4 is 18.3 Å². The SMILES string of the molecule is CCN(C(=O)C1CNC1)C1CCCCC1.Cl. The van der Waals surface area contributed by atoms with Gasteiger partial charge in [0.2, 0.25) is 5.91 Å². The molecule has 2 aliphatic rings. The molecule has 1 N–H and O–H groups in total. The molecule has 0 unspecified atom stereocenters. The number of carbonyl (C=O) groups is 1. The first-order valence-electron chi connectivity index (χ1n) is 6.34. The maximum atomic E-state index is 12.1. The summed E-state index contributed by atoms with van der Waals surface area (Å²) in [4.78, 5) is 14.3. The van der Waals surface area contributed by atoms with Crippen molar-refractivity contribution in [2.45, 2.75) is 45.1 Å². The Morgan fingerprint density at radius 1 is 1.25 bits per heavy atom. The molecule has 1 aliphatic carbocycles. The van der Waals surface area contributed by atoms with Gasteiger partial charge in [0, 0.05) is 25.7 Å². The highest BCUT2D eigenvalue weighted by molar-refractivity contribution is 5.85. The second kappa shape index (κ2) is 6.45. The molecule has 0 aromatic heterocycles. The van der Waals surface area contributed by atoms with Crippen molar-refractivity contribution in [1.29, 1.82) is 0 Å². The van der Waals surface area contributed by atoms with Crippen molar-refractivity contribution in [3.63, 3.8) is 0 Å². The number of hydrogen-bond acceptors (Lipinski definition) is 2. The first-order chi connectivity index (χ1) is 7.33. The van der Waals surface area contributed by atoms with Crippen LogP contribution in [0.3, 0.4) is 0 Å². The number of halogens is 1. The van der Waals surface area contributed by atoms with E-state index in [9.17, 15) is 4.79 Å². The molecule has 94 valence electrons. The molecular formula is C12H23ClN2O. The Bertz CT molecular complexity index is 225. The Morgan fingerprint density at radius 3 is 2.31 bits per heavy atom. The van der Waals surface area contributed by atoms with Gasteiger partial charge in [0.05, 0.1) is 5.92 Å². The van der Waals surface area contributed by atoms with Gasteiger partial charge in [0.1, 0.15) is 0 Å². The predicted octanol–water partition coefficient (Wildman–Crippen LogP) is 1.81. The summed E-state index contributed by atoms with van der Waals surface area (Å²) in [5, 5.41) is 3.18. The topological polar surface area (TPSA) is 32.3 Å². The van der Waals surface area contributed by atoms with Gasteiger partial charge in [-0.25, -0.2) is 0 Å². The van der Waals surface area contributed by atoms with Crippen LogP contribution in [0.2, 0.25) is 0 Å². The van der Waals surface area contributed by atoms with Gasteiger partial charge in [-0.15, -0.1) is 12.4 Å². The summed E-state index contributed by atoms with van der Waals surface area (Å²) < 4.78 is 0. The summed E-state index contributed by atoms with van der Waals surface area (Å²) in [5.74, 6) is 0.662. The average Bonchev–Trinajstić information content (AvgIpc) is 2.18. The van der Waals surface area contributed by atoms with Crippen molar-refractivity contribution in [3.05, 3.63) is 0 Å². The smallest absolute Gasteiger partial charge is 0.228 e. The third-order valence-electron chi connectivity index (χ3n) is 3.77. The van der Waals surface area contributed by atoms with Crippen molar-refractivity contribution in [2.24, 2.45) is 5.92 Å². The zero-order valence-electron chi connectivity index (χ0n) is 10.1. The van der Waals surface area contributed by atoms with Crippen LogP contribution < -0.4 is 5.32 Å². The van der Waals surface area contributed by atoms with Crippen molar-refractivity contribution in [1.82, 2.24) is 10.2 Å². The van der Waals surface area contributed by atoms with Gasteiger partial charge in [-0.05, 0) is 19.8 Å². The minimum absolute atomic E-state index is 0. The fourth-order valence-electron chi connectivity index (χ4n) is 2.68. The highest BCUT2D eigenvalue weighted by Gasteiger charge is 2.32. The van der Waals surface area contributed by atoms with Gasteiger partial charge in [0.25, 0.3) is 0 Å². The fraction of sp³-hybridized carbons (Fsp3) is 0.917. The fourth-order valence-corrected chi connectivity index (χ4v) is 2.68. The number of nitrogens with one attached hydrogen (secondary N) is 1. The first kappa shape index (κ1) is 13.8. The molecule has 0 spiro atoms. The maximum absolute atomic E-state index is 12.1. The monoisotopic (exact) mass is 246 g/mol. The lowest BCUT2D eigenvalue weighted by molar-refractivity contribution is -0.139. The minimum atomic E-state index is 0. The Balaban J connectivity index is 0.00000128. The summed E-state index contributed by atoms with van der Waals surface area (Å²) in [6, 6.07) is 0.539. The van der Waals surface area contributed by atoms with E-state index < -0.39 is 0 Å². The molecule has 1 amide bonds. The Labute approximate surface area is 104 Å². The predicted molar refractivity (Wildman–Crippen MR) is 67.9 cm³/mol. The van der Waals surface area contributed by atoms with Crippen molar-refractivity contribution in [2.75, 3.05) is 19.6 Å². The van der Waals surface area contributed by atoms with Gasteiger partial charge >= 0.3 is 0 Å². The highest BCUT2D eigenvalue weighted by atomic mass is 35.5. The molecule has 2 rings (SSSR count). The number of hydrogen-bond donors (Lipinski definition) is 1. The largest absolute Gasteiger partial charge is 0.340 e. The van der Waals surface area contributed by atoms with E-state index in [-0.39, 0.29) is 18.3 Å². The summed E-state index contributed by atoms with van der Waals surface area (Å²) >= 11 is 0. The van der Waals surface area contributed by atoms with Crippen LogP contribution in [0.4, 0.5) is 0 Å². The second-order valence-electron chi connectivity index (χ2n) is 4.77. The second-order valence-corrected chi connectivity index (χ2v) is 4.77. The number of nitrogens with zero attached hydrogens (tertiary/aromatic N) is 1. The zero-order valence-corrected chi connectivity index (χ0v) is 10.9. The molecule has 1 saturated carbocycles. The summed E-state index contributed by atoms with van der Waals surface area (Å²) in [6.07, 6.45) is 6.40. The van der Waals surface area contributed by atoms with E-state index in [1.54, 1.807) is 0 Å². The molecule has 2 fully saturated rings. The number of amides is 1. The van der Waals surface area contributed by atoms with E-state index >= 15 is 0 Å². The van der Waals surface area contributed by atoms with E-state index in [1.807, 2.05) is 0 Å². The molecule has 0 atom stereocenters. The molecule has 1 saturated heterocycles. The molecule has 4 heteroatoms. The summed E-state index contributed by atoms with van der Waals surface area (Å²) in [7, 11) is 0. The molecule has 16 heavy (non-hydrogen) atoms. The lowest BCUT2D eigenvalue weighted by Gasteiger charge is -2.38. The van der Waals surface area contributed by atoms with Crippen LogP contribution >= 0.6 is 12.4 Å². The van der Waals surface area contributed by atoms with Gasteiger partial charge in [-0.2, -0.15) is 0 Å². The maximum Gasteiger partial charge on any atom is 0.228 e. The van der Waals surface area contributed by atoms with Crippen molar-refractivity contribution < 1.29 is 4.79 Å². The van der Waals surface area contributed by atoms with Crippen LogP contribution in [-0.2, 0) is 4.79 Å². The molecule has 1 heterocycles. The molecule has 1 aliphatic heterocycles. The van der Waals surface area contributed by atoms with E-state index in [0.29, 0.717) is 11.9 Å². The average molecular weight is 247 g/mol. The van der Waals surface area contributed by atoms with Crippen molar-refractivity contribution in [3.8, 4) is 0 Å². The number of rotatable bonds is 3. The van der Waals surface area contributed by atoms with Gasteiger partial charge in [-0.3, -0.25) is 4.79 Å².